The van der Waals surface area contributed by atoms with Crippen molar-refractivity contribution in [3.05, 3.63) is 35.2 Å². The zero-order valence-corrected chi connectivity index (χ0v) is 10.3. The summed E-state index contributed by atoms with van der Waals surface area (Å²) >= 11 is 5.95. The number of benzene rings is 1. The number of hydrogen-bond donors (Lipinski definition) is 1. The van der Waals surface area contributed by atoms with Gasteiger partial charge in [-0.1, -0.05) is 28.9 Å². The van der Waals surface area contributed by atoms with E-state index in [2.05, 4.69) is 15.5 Å². The Kier molecular flexibility index (Phi) is 4.06. The maximum atomic E-state index is 11.9. The molecule has 1 heterocycles. The van der Waals surface area contributed by atoms with Gasteiger partial charge in [-0.15, -0.1) is 0 Å². The zero-order valence-electron chi connectivity index (χ0n) is 9.54. The van der Waals surface area contributed by atoms with E-state index in [0.717, 1.165) is 0 Å². The van der Waals surface area contributed by atoms with Crippen molar-refractivity contribution in [1.82, 2.24) is 15.5 Å². The number of nitrogens with zero attached hydrogens (tertiary/aromatic N) is 2. The van der Waals surface area contributed by atoms with E-state index in [1.807, 2.05) is 0 Å². The molecule has 0 fully saturated rings. The van der Waals surface area contributed by atoms with E-state index < -0.39 is 12.7 Å². The molecule has 1 aromatic carbocycles. The third-order valence-electron chi connectivity index (χ3n) is 2.18. The molecule has 0 unspecified atom stereocenters. The molecule has 0 aliphatic rings. The Bertz CT molecular complexity index is 556. The lowest BCUT2D eigenvalue weighted by Gasteiger charge is -2.05. The van der Waals surface area contributed by atoms with Gasteiger partial charge in [0.1, 0.15) is 0 Å². The van der Waals surface area contributed by atoms with Gasteiger partial charge in [0.25, 0.3) is 0 Å². The van der Waals surface area contributed by atoms with Gasteiger partial charge in [-0.25, -0.2) is 0 Å². The number of alkyl halides is 3. The Labute approximate surface area is 111 Å². The monoisotopic (exact) mass is 291 g/mol. The summed E-state index contributed by atoms with van der Waals surface area (Å²) in [5.41, 5.74) is 0.565. The molecular weight excluding hydrogens is 283 g/mol. The molecule has 19 heavy (non-hydrogen) atoms. The third kappa shape index (κ3) is 3.93. The van der Waals surface area contributed by atoms with Crippen LogP contribution < -0.4 is 5.32 Å². The summed E-state index contributed by atoms with van der Waals surface area (Å²) < 4.78 is 40.6. The Morgan fingerprint density at radius 2 is 2.00 bits per heavy atom. The Morgan fingerprint density at radius 3 is 2.68 bits per heavy atom. The lowest BCUT2D eigenvalue weighted by Crippen LogP contribution is -2.28. The molecule has 0 radical (unpaired) electrons. The van der Waals surface area contributed by atoms with Gasteiger partial charge in [0.05, 0.1) is 18.1 Å². The Hall–Kier alpha value is -1.60. The lowest BCUT2D eigenvalue weighted by atomic mass is 10.2. The first kappa shape index (κ1) is 13.8. The zero-order chi connectivity index (χ0) is 13.9. The summed E-state index contributed by atoms with van der Waals surface area (Å²) in [5.74, 6) is 0.313. The highest BCUT2D eigenvalue weighted by Crippen LogP contribution is 2.24. The van der Waals surface area contributed by atoms with E-state index >= 15 is 0 Å². The predicted octanol–water partition coefficient (Wildman–Crippen LogP) is 3.04. The molecule has 8 heteroatoms. The van der Waals surface area contributed by atoms with Gasteiger partial charge in [-0.05, 0) is 12.1 Å². The van der Waals surface area contributed by atoms with Crippen LogP contribution >= 0.6 is 11.6 Å². The van der Waals surface area contributed by atoms with Crippen LogP contribution in [0.15, 0.2) is 28.8 Å². The third-order valence-corrected chi connectivity index (χ3v) is 2.51. The minimum Gasteiger partial charge on any atom is -0.338 e. The number of rotatable bonds is 4. The molecule has 0 spiro atoms. The molecule has 102 valence electrons. The van der Waals surface area contributed by atoms with Crippen LogP contribution in [0.4, 0.5) is 13.2 Å². The molecule has 0 saturated carbocycles. The van der Waals surface area contributed by atoms with Crippen LogP contribution in [0.1, 0.15) is 5.89 Å². The van der Waals surface area contributed by atoms with Crippen molar-refractivity contribution in [2.45, 2.75) is 12.7 Å². The van der Waals surface area contributed by atoms with E-state index in [1.54, 1.807) is 24.3 Å². The first-order valence-corrected chi connectivity index (χ1v) is 5.68. The second-order valence-corrected chi connectivity index (χ2v) is 4.12. The largest absolute Gasteiger partial charge is 0.401 e. The van der Waals surface area contributed by atoms with Crippen LogP contribution in [-0.2, 0) is 6.54 Å². The van der Waals surface area contributed by atoms with Gasteiger partial charge in [0, 0.05) is 5.56 Å². The number of aromatic nitrogens is 2. The normalized spacial score (nSPS) is 11.8. The predicted molar refractivity (Wildman–Crippen MR) is 62.5 cm³/mol. The van der Waals surface area contributed by atoms with Crippen LogP contribution in [0.25, 0.3) is 11.4 Å². The first-order chi connectivity index (χ1) is 8.96. The average Bonchev–Trinajstić information content (AvgIpc) is 2.76. The fourth-order valence-electron chi connectivity index (χ4n) is 1.39. The molecule has 2 rings (SSSR count). The van der Waals surface area contributed by atoms with Gasteiger partial charge >= 0.3 is 6.18 Å². The Morgan fingerprint density at radius 1 is 1.26 bits per heavy atom. The summed E-state index contributed by atoms with van der Waals surface area (Å²) in [7, 11) is 0. The molecule has 0 aliphatic carbocycles. The number of nitrogens with one attached hydrogen (secondary N) is 1. The topological polar surface area (TPSA) is 51.0 Å². The molecular formula is C11H9ClF3N3O. The number of hydrogen-bond acceptors (Lipinski definition) is 4. The van der Waals surface area contributed by atoms with Gasteiger partial charge in [-0.2, -0.15) is 18.2 Å². The molecule has 4 nitrogen and oxygen atoms in total. The van der Waals surface area contributed by atoms with Crippen molar-refractivity contribution in [2.24, 2.45) is 0 Å². The van der Waals surface area contributed by atoms with Crippen LogP contribution in [-0.4, -0.2) is 22.9 Å². The summed E-state index contributed by atoms with van der Waals surface area (Å²) in [6, 6.07) is 6.85. The highest BCUT2D eigenvalue weighted by molar-refractivity contribution is 6.33. The van der Waals surface area contributed by atoms with Gasteiger partial charge < -0.3 is 9.84 Å². The maximum Gasteiger partial charge on any atom is 0.401 e. The Balaban J connectivity index is 2.02. The van der Waals surface area contributed by atoms with E-state index in [9.17, 15) is 13.2 Å². The first-order valence-electron chi connectivity index (χ1n) is 5.31. The fourth-order valence-corrected chi connectivity index (χ4v) is 1.61. The van der Waals surface area contributed by atoms with Crippen molar-refractivity contribution >= 4 is 11.6 Å². The van der Waals surface area contributed by atoms with Crippen LogP contribution in [0.5, 0.6) is 0 Å². The molecule has 0 bridgehead atoms. The summed E-state index contributed by atoms with van der Waals surface area (Å²) in [4.78, 5) is 3.97. The standard InChI is InChI=1S/C11H9ClF3N3O/c12-8-4-2-1-3-7(8)10-17-9(19-18-10)5-16-6-11(13,14)15/h1-4,16H,5-6H2. The highest BCUT2D eigenvalue weighted by atomic mass is 35.5. The van der Waals surface area contributed by atoms with E-state index in [0.29, 0.717) is 10.6 Å². The van der Waals surface area contributed by atoms with Crippen molar-refractivity contribution in [2.75, 3.05) is 6.54 Å². The van der Waals surface area contributed by atoms with E-state index in [4.69, 9.17) is 16.1 Å². The number of halogens is 4. The molecule has 1 N–H and O–H groups in total. The molecule has 0 aliphatic heterocycles. The molecule has 0 atom stereocenters. The van der Waals surface area contributed by atoms with Gasteiger partial charge in [0.2, 0.25) is 11.7 Å². The van der Waals surface area contributed by atoms with Crippen molar-refractivity contribution < 1.29 is 17.7 Å². The SMILES string of the molecule is FC(F)(F)CNCc1nc(-c2ccccc2Cl)no1. The molecule has 0 saturated heterocycles. The summed E-state index contributed by atoms with van der Waals surface area (Å²) in [6.45, 7) is -1.27. The second-order valence-electron chi connectivity index (χ2n) is 3.71. The fraction of sp³-hybridized carbons (Fsp3) is 0.273. The lowest BCUT2D eigenvalue weighted by molar-refractivity contribution is -0.125. The van der Waals surface area contributed by atoms with Crippen molar-refractivity contribution in [3.8, 4) is 11.4 Å². The molecule has 1 aromatic heterocycles. The van der Waals surface area contributed by atoms with Crippen molar-refractivity contribution in [3.63, 3.8) is 0 Å². The summed E-state index contributed by atoms with van der Waals surface area (Å²) in [5, 5.41) is 6.28. The minimum atomic E-state index is -4.27. The van der Waals surface area contributed by atoms with Crippen LogP contribution in [0, 0.1) is 0 Å². The molecule has 0 amide bonds. The minimum absolute atomic E-state index is 0.0687. The van der Waals surface area contributed by atoms with E-state index in [-0.39, 0.29) is 18.3 Å². The van der Waals surface area contributed by atoms with E-state index in [1.165, 1.54) is 0 Å². The molecule has 2 aromatic rings. The van der Waals surface area contributed by atoms with Crippen LogP contribution in [0.2, 0.25) is 5.02 Å². The smallest absolute Gasteiger partial charge is 0.338 e. The quantitative estimate of drug-likeness (QED) is 0.941. The average molecular weight is 292 g/mol. The van der Waals surface area contributed by atoms with Crippen molar-refractivity contribution in [1.29, 1.82) is 0 Å². The highest BCUT2D eigenvalue weighted by Gasteiger charge is 2.26. The summed E-state index contributed by atoms with van der Waals surface area (Å²) in [6.07, 6.45) is -4.27. The van der Waals surface area contributed by atoms with Crippen LogP contribution in [0.3, 0.4) is 0 Å². The van der Waals surface area contributed by atoms with Gasteiger partial charge in [-0.3, -0.25) is 0 Å². The second kappa shape index (κ2) is 5.58. The maximum absolute atomic E-state index is 11.9. The van der Waals surface area contributed by atoms with Gasteiger partial charge in [0.15, 0.2) is 0 Å².